The summed E-state index contributed by atoms with van der Waals surface area (Å²) in [5.74, 6) is -1.97. The van der Waals surface area contributed by atoms with E-state index >= 15 is 0 Å². The normalized spacial score (nSPS) is 22.5. The third-order valence-corrected chi connectivity index (χ3v) is 7.31. The van der Waals surface area contributed by atoms with Gasteiger partial charge in [0.1, 0.15) is 5.82 Å². The molecule has 1 fully saturated rings. The molecular formula is C30H34FN3O4. The first kappa shape index (κ1) is 27.4. The van der Waals surface area contributed by atoms with Gasteiger partial charge in [-0.25, -0.2) is 4.39 Å². The average molecular weight is 520 g/mol. The lowest BCUT2D eigenvalue weighted by Gasteiger charge is -2.30. The molecule has 2 aromatic carbocycles. The molecule has 0 aromatic heterocycles. The van der Waals surface area contributed by atoms with Crippen LogP contribution < -0.4 is 5.32 Å². The minimum Gasteiger partial charge on any atom is -0.380 e. The van der Waals surface area contributed by atoms with Crippen LogP contribution in [0.4, 0.5) is 4.39 Å². The van der Waals surface area contributed by atoms with Gasteiger partial charge in [-0.15, -0.1) is 0 Å². The number of amides is 2. The van der Waals surface area contributed by atoms with E-state index in [2.05, 4.69) is 29.9 Å². The molecule has 0 radical (unpaired) electrons. The first-order valence-corrected chi connectivity index (χ1v) is 12.8. The molecule has 0 bridgehead atoms. The van der Waals surface area contributed by atoms with Crippen LogP contribution in [-0.2, 0) is 15.0 Å². The number of allylic oxidation sites excluding steroid dienone is 1. The van der Waals surface area contributed by atoms with E-state index < -0.39 is 24.0 Å². The molecule has 8 heteroatoms. The molecule has 2 amide bonds. The van der Waals surface area contributed by atoms with Crippen molar-refractivity contribution in [2.24, 2.45) is 4.99 Å². The molecule has 2 aromatic rings. The van der Waals surface area contributed by atoms with Crippen molar-refractivity contribution in [1.82, 2.24) is 10.2 Å². The monoisotopic (exact) mass is 519 g/mol. The van der Waals surface area contributed by atoms with Gasteiger partial charge in [0.05, 0.1) is 24.8 Å². The maximum atomic E-state index is 13.3. The highest BCUT2D eigenvalue weighted by Crippen LogP contribution is 2.34. The van der Waals surface area contributed by atoms with Gasteiger partial charge < -0.3 is 20.4 Å². The lowest BCUT2D eigenvalue weighted by molar-refractivity contribution is -0.153. The number of aliphatic imine (C=N–C) groups is 1. The van der Waals surface area contributed by atoms with Crippen LogP contribution in [0.2, 0.25) is 0 Å². The maximum Gasteiger partial charge on any atom is 0.255 e. The van der Waals surface area contributed by atoms with Crippen LogP contribution in [0.15, 0.2) is 72.3 Å². The quantitative estimate of drug-likeness (QED) is 0.498. The van der Waals surface area contributed by atoms with E-state index in [-0.39, 0.29) is 23.8 Å². The summed E-state index contributed by atoms with van der Waals surface area (Å²) in [5, 5.41) is 23.5. The van der Waals surface area contributed by atoms with Crippen molar-refractivity contribution in [2.45, 2.75) is 50.4 Å². The van der Waals surface area contributed by atoms with Gasteiger partial charge >= 0.3 is 0 Å². The van der Waals surface area contributed by atoms with Crippen molar-refractivity contribution in [3.05, 3.63) is 89.8 Å². The molecule has 1 unspecified atom stereocenters. The second-order valence-corrected chi connectivity index (χ2v) is 10.2. The third-order valence-electron chi connectivity index (χ3n) is 7.31. The SMILES string of the molecule is C=C(C)c1ccccc1C1(C)C=CC(CNC(=O)[C@H](O)[C@@H](O)C(=O)N2CCC[C@@H]2c2ccc(F)cc2)=NC1. The topological polar surface area (TPSA) is 102 Å². The van der Waals surface area contributed by atoms with Gasteiger partial charge in [-0.3, -0.25) is 14.6 Å². The Balaban J connectivity index is 1.34. The van der Waals surface area contributed by atoms with E-state index in [9.17, 15) is 24.2 Å². The fourth-order valence-electron chi connectivity index (χ4n) is 5.09. The lowest BCUT2D eigenvalue weighted by Crippen LogP contribution is -2.51. The Bertz CT molecular complexity index is 1270. The summed E-state index contributed by atoms with van der Waals surface area (Å²) in [6, 6.07) is 13.5. The predicted molar refractivity (Wildman–Crippen MR) is 145 cm³/mol. The summed E-state index contributed by atoms with van der Waals surface area (Å²) in [7, 11) is 0. The van der Waals surface area contributed by atoms with E-state index in [1.165, 1.54) is 17.0 Å². The number of hydrogen-bond donors (Lipinski definition) is 3. The van der Waals surface area contributed by atoms with Crippen LogP contribution in [0.3, 0.4) is 0 Å². The molecule has 3 N–H and O–H groups in total. The van der Waals surface area contributed by atoms with Crippen molar-refractivity contribution in [3.8, 4) is 0 Å². The van der Waals surface area contributed by atoms with Crippen LogP contribution in [0.5, 0.6) is 0 Å². The summed E-state index contributed by atoms with van der Waals surface area (Å²) in [6.45, 7) is 9.03. The van der Waals surface area contributed by atoms with Crippen molar-refractivity contribution in [1.29, 1.82) is 0 Å². The number of benzene rings is 2. The minimum atomic E-state index is -1.93. The molecule has 7 nitrogen and oxygen atoms in total. The smallest absolute Gasteiger partial charge is 0.255 e. The molecule has 4 rings (SSSR count). The standard InChI is InChI=1S/C30H34FN3O4/c1-19(2)23-7-4-5-8-24(23)30(3)15-14-22(33-18-30)17-32-28(37)26(35)27(36)29(38)34-16-6-9-25(34)20-10-12-21(31)13-11-20/h4-5,7-8,10-15,25-27,35-36H,1,6,9,16-18H2,2-3H3,(H,32,37)/t25-,26-,27-,30?/m1/s1. The van der Waals surface area contributed by atoms with Gasteiger partial charge in [0.15, 0.2) is 12.2 Å². The lowest BCUT2D eigenvalue weighted by atomic mass is 9.77. The highest BCUT2D eigenvalue weighted by Gasteiger charge is 2.38. The zero-order valence-electron chi connectivity index (χ0n) is 21.7. The van der Waals surface area contributed by atoms with E-state index in [4.69, 9.17) is 0 Å². The zero-order valence-corrected chi connectivity index (χ0v) is 21.7. The molecule has 0 aliphatic carbocycles. The van der Waals surface area contributed by atoms with Crippen LogP contribution in [0, 0.1) is 5.82 Å². The number of carbonyl (C=O) groups excluding carboxylic acids is 2. The first-order valence-electron chi connectivity index (χ1n) is 12.8. The number of nitrogens with zero attached hydrogens (tertiary/aromatic N) is 2. The van der Waals surface area contributed by atoms with Gasteiger partial charge in [0, 0.05) is 12.0 Å². The molecule has 38 heavy (non-hydrogen) atoms. The van der Waals surface area contributed by atoms with Crippen LogP contribution in [0.25, 0.3) is 5.57 Å². The minimum absolute atomic E-state index is 0.0490. The van der Waals surface area contributed by atoms with Gasteiger partial charge in [0.2, 0.25) is 0 Å². The number of nitrogens with one attached hydrogen (secondary N) is 1. The van der Waals surface area contributed by atoms with Crippen molar-refractivity contribution in [2.75, 3.05) is 19.6 Å². The van der Waals surface area contributed by atoms with Crippen molar-refractivity contribution < 1.29 is 24.2 Å². The number of aliphatic hydroxyl groups is 2. The fraction of sp³-hybridized carbons (Fsp3) is 0.367. The zero-order chi connectivity index (χ0) is 27.4. The summed E-state index contributed by atoms with van der Waals surface area (Å²) in [4.78, 5) is 31.6. The Hall–Kier alpha value is -3.62. The molecule has 0 spiro atoms. The molecular weight excluding hydrogens is 485 g/mol. The fourth-order valence-corrected chi connectivity index (χ4v) is 5.09. The summed E-state index contributed by atoms with van der Waals surface area (Å²) in [5.41, 5.74) is 4.19. The third kappa shape index (κ3) is 5.76. The Labute approximate surface area is 222 Å². The van der Waals surface area contributed by atoms with Gasteiger partial charge in [-0.1, -0.05) is 61.5 Å². The summed E-state index contributed by atoms with van der Waals surface area (Å²) >= 11 is 0. The van der Waals surface area contributed by atoms with Crippen molar-refractivity contribution in [3.63, 3.8) is 0 Å². The number of rotatable bonds is 8. The van der Waals surface area contributed by atoms with Crippen molar-refractivity contribution >= 4 is 23.1 Å². The van der Waals surface area contributed by atoms with Gasteiger partial charge in [-0.2, -0.15) is 0 Å². The van der Waals surface area contributed by atoms with E-state index in [1.807, 2.05) is 37.3 Å². The number of likely N-dealkylation sites (tertiary alicyclic amines) is 1. The van der Waals surface area contributed by atoms with Crippen LogP contribution in [0.1, 0.15) is 49.4 Å². The molecule has 2 aliphatic heterocycles. The Morgan fingerprint density at radius 3 is 2.55 bits per heavy atom. The van der Waals surface area contributed by atoms with Crippen LogP contribution >= 0.6 is 0 Å². The molecule has 2 heterocycles. The van der Waals surface area contributed by atoms with Gasteiger partial charge in [0.25, 0.3) is 11.8 Å². The summed E-state index contributed by atoms with van der Waals surface area (Å²) in [6.07, 6.45) is 1.38. The molecule has 200 valence electrons. The molecule has 4 atom stereocenters. The highest BCUT2D eigenvalue weighted by atomic mass is 19.1. The predicted octanol–water partition coefficient (Wildman–Crippen LogP) is 3.33. The Kier molecular flexibility index (Phi) is 8.23. The van der Waals surface area contributed by atoms with E-state index in [0.29, 0.717) is 31.6 Å². The Morgan fingerprint density at radius 1 is 1.18 bits per heavy atom. The number of hydrogen-bond acceptors (Lipinski definition) is 5. The maximum absolute atomic E-state index is 13.3. The number of dihydropyridines is 1. The number of halogens is 1. The molecule has 0 saturated carbocycles. The molecule has 1 saturated heterocycles. The number of aliphatic hydroxyl groups excluding tert-OH is 2. The first-order chi connectivity index (χ1) is 18.1. The Morgan fingerprint density at radius 2 is 1.89 bits per heavy atom. The second-order valence-electron chi connectivity index (χ2n) is 10.2. The van der Waals surface area contributed by atoms with Crippen LogP contribution in [-0.4, -0.2) is 64.5 Å². The number of carbonyl (C=O) groups is 2. The average Bonchev–Trinajstić information content (AvgIpc) is 3.41. The largest absolute Gasteiger partial charge is 0.380 e. The second kappa shape index (κ2) is 11.4. The van der Waals surface area contributed by atoms with Gasteiger partial charge in [-0.05, 0) is 54.7 Å². The molecule has 2 aliphatic rings. The van der Waals surface area contributed by atoms with E-state index in [0.717, 1.165) is 22.3 Å². The highest BCUT2D eigenvalue weighted by molar-refractivity contribution is 6.00. The summed E-state index contributed by atoms with van der Waals surface area (Å²) < 4.78 is 13.3. The van der Waals surface area contributed by atoms with E-state index in [1.54, 1.807) is 12.1 Å².